The molecule has 4 aliphatic carbocycles. The Morgan fingerprint density at radius 1 is 1.16 bits per heavy atom. The van der Waals surface area contributed by atoms with E-state index in [9.17, 15) is 4.79 Å². The Bertz CT molecular complexity index is 319. The second-order valence-corrected chi connectivity index (χ2v) is 7.50. The number of amides is 1. The van der Waals surface area contributed by atoms with E-state index >= 15 is 0 Å². The molecule has 3 heteroatoms. The van der Waals surface area contributed by atoms with E-state index in [4.69, 9.17) is 11.6 Å². The minimum absolute atomic E-state index is 0.0249. The molecule has 4 saturated carbocycles. The summed E-state index contributed by atoms with van der Waals surface area (Å²) < 4.78 is 0. The average Bonchev–Trinajstić information content (AvgIpc) is 2.37. The number of halogens is 1. The maximum atomic E-state index is 13.0. The second-order valence-electron chi connectivity index (χ2n) is 7.13. The summed E-state index contributed by atoms with van der Waals surface area (Å²) in [6.07, 6.45) is 8.66. The predicted molar refractivity (Wildman–Crippen MR) is 78.2 cm³/mol. The molecule has 0 spiro atoms. The molecule has 0 aromatic rings. The Balaban J connectivity index is 1.74. The molecule has 0 N–H and O–H groups in total. The zero-order valence-corrected chi connectivity index (χ0v) is 12.8. The number of carbonyl (C=O) groups is 1. The van der Waals surface area contributed by atoms with Gasteiger partial charge in [-0.1, -0.05) is 0 Å². The third-order valence-electron chi connectivity index (χ3n) is 5.72. The fourth-order valence-electron chi connectivity index (χ4n) is 5.36. The van der Waals surface area contributed by atoms with Crippen LogP contribution in [0.3, 0.4) is 0 Å². The summed E-state index contributed by atoms with van der Waals surface area (Å²) in [5.41, 5.74) is 0.0249. The van der Waals surface area contributed by atoms with Crippen LogP contribution < -0.4 is 0 Å². The Kier molecular flexibility index (Phi) is 3.81. The van der Waals surface area contributed by atoms with Gasteiger partial charge in [-0.05, 0) is 69.6 Å². The molecule has 19 heavy (non-hydrogen) atoms. The smallest absolute Gasteiger partial charge is 0.228 e. The topological polar surface area (TPSA) is 20.3 Å². The molecule has 108 valence electrons. The van der Waals surface area contributed by atoms with Crippen molar-refractivity contribution in [3.05, 3.63) is 0 Å². The van der Waals surface area contributed by atoms with Crippen LogP contribution in [0.25, 0.3) is 0 Å². The largest absolute Gasteiger partial charge is 0.342 e. The number of hydrogen-bond acceptors (Lipinski definition) is 1. The summed E-state index contributed by atoms with van der Waals surface area (Å²) in [6, 6.07) is 0. The molecule has 4 fully saturated rings. The van der Waals surface area contributed by atoms with Gasteiger partial charge in [0.2, 0.25) is 5.91 Å². The molecular formula is C16H26ClNO. The van der Waals surface area contributed by atoms with Crippen molar-refractivity contribution in [3.8, 4) is 0 Å². The lowest BCUT2D eigenvalue weighted by atomic mass is 9.49. The number of hydrogen-bond donors (Lipinski definition) is 0. The minimum Gasteiger partial charge on any atom is -0.342 e. The minimum atomic E-state index is 0.0249. The molecule has 4 rings (SSSR count). The lowest BCUT2D eigenvalue weighted by Crippen LogP contribution is -2.54. The molecule has 1 amide bonds. The highest BCUT2D eigenvalue weighted by atomic mass is 35.5. The Labute approximate surface area is 121 Å². The predicted octanol–water partition coefficient (Wildman–Crippen LogP) is 3.68. The van der Waals surface area contributed by atoms with Crippen LogP contribution in [-0.4, -0.2) is 29.8 Å². The van der Waals surface area contributed by atoms with Crippen LogP contribution in [-0.2, 0) is 4.79 Å². The first-order chi connectivity index (χ1) is 9.16. The monoisotopic (exact) mass is 283 g/mol. The summed E-state index contributed by atoms with van der Waals surface area (Å²) in [4.78, 5) is 15.1. The molecule has 0 aromatic heterocycles. The highest BCUT2D eigenvalue weighted by molar-refractivity contribution is 6.17. The Hall–Kier alpha value is -0.240. The van der Waals surface area contributed by atoms with E-state index in [1.807, 2.05) is 0 Å². The van der Waals surface area contributed by atoms with Crippen molar-refractivity contribution in [2.24, 2.45) is 23.2 Å². The Morgan fingerprint density at radius 3 is 2.11 bits per heavy atom. The van der Waals surface area contributed by atoms with Crippen molar-refractivity contribution in [2.75, 3.05) is 19.0 Å². The SMILES string of the molecule is CCN(CCCCl)C(=O)C12CC3CC(CC(C3)C1)C2. The first-order valence-electron chi connectivity index (χ1n) is 8.02. The van der Waals surface area contributed by atoms with Gasteiger partial charge in [-0.15, -0.1) is 11.6 Å². The fraction of sp³-hybridized carbons (Fsp3) is 0.938. The van der Waals surface area contributed by atoms with E-state index in [0.29, 0.717) is 11.8 Å². The Morgan fingerprint density at radius 2 is 1.68 bits per heavy atom. The van der Waals surface area contributed by atoms with Gasteiger partial charge in [0, 0.05) is 19.0 Å². The van der Waals surface area contributed by atoms with Gasteiger partial charge in [-0.2, -0.15) is 0 Å². The highest BCUT2D eigenvalue weighted by Crippen LogP contribution is 2.60. The maximum absolute atomic E-state index is 13.0. The van der Waals surface area contributed by atoms with Crippen molar-refractivity contribution < 1.29 is 4.79 Å². The number of carbonyl (C=O) groups excluding carboxylic acids is 1. The molecule has 0 aromatic carbocycles. The molecular weight excluding hydrogens is 258 g/mol. The van der Waals surface area contributed by atoms with Crippen LogP contribution in [0.2, 0.25) is 0 Å². The van der Waals surface area contributed by atoms with Crippen molar-refractivity contribution in [1.82, 2.24) is 4.90 Å². The number of alkyl halides is 1. The molecule has 4 bridgehead atoms. The van der Waals surface area contributed by atoms with Gasteiger partial charge in [-0.25, -0.2) is 0 Å². The fourth-order valence-corrected chi connectivity index (χ4v) is 5.48. The highest BCUT2D eigenvalue weighted by Gasteiger charge is 2.55. The molecule has 0 heterocycles. The van der Waals surface area contributed by atoms with Gasteiger partial charge in [-0.3, -0.25) is 4.79 Å². The number of rotatable bonds is 5. The third-order valence-corrected chi connectivity index (χ3v) is 5.99. The van der Waals surface area contributed by atoms with Gasteiger partial charge in [0.15, 0.2) is 0 Å². The lowest BCUT2D eigenvalue weighted by molar-refractivity contribution is -0.157. The summed E-state index contributed by atoms with van der Waals surface area (Å²) in [7, 11) is 0. The van der Waals surface area contributed by atoms with Gasteiger partial charge in [0.25, 0.3) is 0 Å². The second kappa shape index (κ2) is 5.27. The number of nitrogens with zero attached hydrogens (tertiary/aromatic N) is 1. The average molecular weight is 284 g/mol. The van der Waals surface area contributed by atoms with E-state index in [1.165, 1.54) is 38.5 Å². The molecule has 0 radical (unpaired) electrons. The third kappa shape index (κ3) is 2.41. The zero-order valence-electron chi connectivity index (χ0n) is 12.0. The molecule has 0 aliphatic heterocycles. The van der Waals surface area contributed by atoms with E-state index in [2.05, 4.69) is 11.8 Å². The van der Waals surface area contributed by atoms with Gasteiger partial charge in [0.05, 0.1) is 5.41 Å². The summed E-state index contributed by atoms with van der Waals surface area (Å²) >= 11 is 5.79. The van der Waals surface area contributed by atoms with Gasteiger partial charge >= 0.3 is 0 Å². The first-order valence-corrected chi connectivity index (χ1v) is 8.55. The van der Waals surface area contributed by atoms with Crippen LogP contribution >= 0.6 is 11.6 Å². The van der Waals surface area contributed by atoms with Gasteiger partial charge in [0.1, 0.15) is 0 Å². The van der Waals surface area contributed by atoms with E-state index in [0.717, 1.165) is 37.3 Å². The maximum Gasteiger partial charge on any atom is 0.228 e. The molecule has 2 nitrogen and oxygen atoms in total. The van der Waals surface area contributed by atoms with Crippen LogP contribution in [0.4, 0.5) is 0 Å². The quantitative estimate of drug-likeness (QED) is 0.705. The van der Waals surface area contributed by atoms with Gasteiger partial charge < -0.3 is 4.90 Å². The molecule has 4 aliphatic rings. The van der Waals surface area contributed by atoms with Crippen LogP contribution in [0.15, 0.2) is 0 Å². The van der Waals surface area contributed by atoms with E-state index in [1.54, 1.807) is 0 Å². The first kappa shape index (κ1) is 13.7. The van der Waals surface area contributed by atoms with Crippen molar-refractivity contribution in [3.63, 3.8) is 0 Å². The summed E-state index contributed by atoms with van der Waals surface area (Å²) in [6.45, 7) is 3.80. The van der Waals surface area contributed by atoms with Crippen LogP contribution in [0.1, 0.15) is 51.9 Å². The normalized spacial score (nSPS) is 39.6. The molecule has 0 unspecified atom stereocenters. The van der Waals surface area contributed by atoms with Crippen molar-refractivity contribution in [1.29, 1.82) is 0 Å². The summed E-state index contributed by atoms with van der Waals surface area (Å²) in [5, 5.41) is 0. The van der Waals surface area contributed by atoms with Crippen molar-refractivity contribution >= 4 is 17.5 Å². The standard InChI is InChI=1S/C16H26ClNO/c1-2-18(5-3-4-17)15(19)16-9-12-6-13(10-16)8-14(7-12)11-16/h12-14H,2-11H2,1H3. The lowest BCUT2D eigenvalue weighted by Gasteiger charge is -2.56. The van der Waals surface area contributed by atoms with E-state index < -0.39 is 0 Å². The van der Waals surface area contributed by atoms with Crippen LogP contribution in [0.5, 0.6) is 0 Å². The van der Waals surface area contributed by atoms with Crippen LogP contribution in [0, 0.1) is 23.2 Å². The zero-order chi connectivity index (χ0) is 13.5. The van der Waals surface area contributed by atoms with Crippen molar-refractivity contribution in [2.45, 2.75) is 51.9 Å². The summed E-state index contributed by atoms with van der Waals surface area (Å²) in [5.74, 6) is 3.66. The molecule has 0 atom stereocenters. The molecule has 0 saturated heterocycles. The van der Waals surface area contributed by atoms with E-state index in [-0.39, 0.29) is 5.41 Å².